The van der Waals surface area contributed by atoms with E-state index in [0.29, 0.717) is 0 Å². The highest BCUT2D eigenvalue weighted by atomic mass is 16.5. The summed E-state index contributed by atoms with van der Waals surface area (Å²) in [6.07, 6.45) is 0. The Bertz CT molecular complexity index is 515. The predicted molar refractivity (Wildman–Crippen MR) is 63.1 cm³/mol. The summed E-state index contributed by atoms with van der Waals surface area (Å²) in [6, 6.07) is 2.56. The number of aliphatic carboxylic acids is 1. The Morgan fingerprint density at radius 1 is 1.26 bits per heavy atom. The van der Waals surface area contributed by atoms with Crippen molar-refractivity contribution in [1.82, 2.24) is 4.90 Å². The van der Waals surface area contributed by atoms with Crippen LogP contribution in [0.25, 0.3) is 0 Å². The van der Waals surface area contributed by atoms with Crippen LogP contribution < -0.4 is 0 Å². The van der Waals surface area contributed by atoms with E-state index in [1.807, 2.05) is 0 Å². The maximum absolute atomic E-state index is 12.2. The van der Waals surface area contributed by atoms with Crippen molar-refractivity contribution in [2.45, 2.75) is 6.04 Å². The van der Waals surface area contributed by atoms with Gasteiger partial charge in [-0.1, -0.05) is 0 Å². The lowest BCUT2D eigenvalue weighted by atomic mass is 10.1. The number of hydrogen-bond donors (Lipinski definition) is 3. The third-order valence-corrected chi connectivity index (χ3v) is 2.90. The molecule has 1 aromatic carbocycles. The van der Waals surface area contributed by atoms with Crippen molar-refractivity contribution < 1.29 is 29.6 Å². The Labute approximate surface area is 108 Å². The van der Waals surface area contributed by atoms with Gasteiger partial charge in [0.15, 0.2) is 17.5 Å². The van der Waals surface area contributed by atoms with E-state index < -0.39 is 23.7 Å². The lowest BCUT2D eigenvalue weighted by Crippen LogP contribution is -2.52. The van der Waals surface area contributed by atoms with E-state index in [1.54, 1.807) is 0 Å². The van der Waals surface area contributed by atoms with Gasteiger partial charge in [0.1, 0.15) is 0 Å². The average Bonchev–Trinajstić information content (AvgIpc) is 2.41. The lowest BCUT2D eigenvalue weighted by molar-refractivity contribution is -0.147. The molecule has 1 aliphatic rings. The van der Waals surface area contributed by atoms with Crippen molar-refractivity contribution in [3.63, 3.8) is 0 Å². The van der Waals surface area contributed by atoms with E-state index in [-0.39, 0.29) is 31.1 Å². The molecule has 0 saturated carbocycles. The smallest absolute Gasteiger partial charge is 0.328 e. The maximum atomic E-state index is 12.2. The van der Waals surface area contributed by atoms with Gasteiger partial charge in [-0.05, 0) is 18.2 Å². The molecule has 19 heavy (non-hydrogen) atoms. The Kier molecular flexibility index (Phi) is 3.57. The summed E-state index contributed by atoms with van der Waals surface area (Å²) >= 11 is 0. The van der Waals surface area contributed by atoms with Crippen molar-refractivity contribution in [1.29, 1.82) is 0 Å². The molecule has 7 nitrogen and oxygen atoms in total. The van der Waals surface area contributed by atoms with Gasteiger partial charge in [0.05, 0.1) is 13.2 Å². The van der Waals surface area contributed by atoms with Crippen molar-refractivity contribution in [2.24, 2.45) is 0 Å². The summed E-state index contributed by atoms with van der Waals surface area (Å²) in [5.74, 6) is -2.43. The number of carboxylic acids is 1. The number of benzene rings is 1. The fourth-order valence-electron chi connectivity index (χ4n) is 1.87. The molecule has 0 aromatic heterocycles. The summed E-state index contributed by atoms with van der Waals surface area (Å²) in [6.45, 7) is 0.363. The number of carbonyl (C=O) groups excluding carboxylic acids is 1. The van der Waals surface area contributed by atoms with Crippen LogP contribution in [0.5, 0.6) is 11.5 Å². The van der Waals surface area contributed by atoms with E-state index in [1.165, 1.54) is 17.0 Å². The summed E-state index contributed by atoms with van der Waals surface area (Å²) in [7, 11) is 0. The molecule has 0 bridgehead atoms. The molecule has 3 N–H and O–H groups in total. The summed E-state index contributed by atoms with van der Waals surface area (Å²) in [4.78, 5) is 24.4. The number of morpholine rings is 1. The van der Waals surface area contributed by atoms with Crippen molar-refractivity contribution in [3.05, 3.63) is 23.8 Å². The number of amides is 1. The lowest BCUT2D eigenvalue weighted by Gasteiger charge is -2.32. The van der Waals surface area contributed by atoms with Crippen LogP contribution in [0.4, 0.5) is 0 Å². The van der Waals surface area contributed by atoms with Crippen LogP contribution in [0.3, 0.4) is 0 Å². The van der Waals surface area contributed by atoms with E-state index in [2.05, 4.69) is 0 Å². The summed E-state index contributed by atoms with van der Waals surface area (Å²) < 4.78 is 5.04. The number of phenolic OH excluding ortho intramolecular Hbond substituents is 2. The third kappa shape index (κ3) is 2.60. The minimum Gasteiger partial charge on any atom is -0.504 e. The standard InChI is InChI=1S/C12H13NO6/c14-9-2-1-7(5-10(9)15)11(16)13-3-4-19-6-8(13)12(17)18/h1-2,5,8,14-15H,3-4,6H2,(H,17,18). The molecular formula is C12H13NO6. The maximum Gasteiger partial charge on any atom is 0.328 e. The largest absolute Gasteiger partial charge is 0.504 e. The number of hydrogen-bond acceptors (Lipinski definition) is 5. The normalized spacial score (nSPS) is 19.2. The molecule has 1 amide bonds. The Morgan fingerprint density at radius 3 is 2.63 bits per heavy atom. The SMILES string of the molecule is O=C(O)C1COCCN1C(=O)c1ccc(O)c(O)c1. The molecule has 7 heteroatoms. The first kappa shape index (κ1) is 13.2. The molecule has 0 aliphatic carbocycles. The van der Waals surface area contributed by atoms with Crippen LogP contribution in [0.1, 0.15) is 10.4 Å². The topological polar surface area (TPSA) is 107 Å². The van der Waals surface area contributed by atoms with Gasteiger partial charge in [-0.15, -0.1) is 0 Å². The van der Waals surface area contributed by atoms with Crippen LogP contribution in [0.2, 0.25) is 0 Å². The molecule has 1 heterocycles. The molecule has 1 aliphatic heterocycles. The van der Waals surface area contributed by atoms with E-state index in [4.69, 9.17) is 9.84 Å². The number of rotatable bonds is 2. The van der Waals surface area contributed by atoms with Gasteiger partial charge in [0.25, 0.3) is 5.91 Å². The van der Waals surface area contributed by atoms with Crippen LogP contribution in [0, 0.1) is 0 Å². The van der Waals surface area contributed by atoms with Gasteiger partial charge in [-0.2, -0.15) is 0 Å². The molecule has 102 valence electrons. The second-order valence-corrected chi connectivity index (χ2v) is 4.13. The number of carboxylic acid groups (broad SMARTS) is 1. The number of ether oxygens (including phenoxy) is 1. The molecule has 1 unspecified atom stereocenters. The number of aromatic hydroxyl groups is 2. The predicted octanol–water partition coefficient (Wildman–Crippen LogP) is 0.0234. The first-order valence-electron chi connectivity index (χ1n) is 5.64. The molecular weight excluding hydrogens is 254 g/mol. The molecule has 0 spiro atoms. The Balaban J connectivity index is 2.26. The highest BCUT2D eigenvalue weighted by Crippen LogP contribution is 2.26. The van der Waals surface area contributed by atoms with E-state index in [0.717, 1.165) is 6.07 Å². The molecule has 1 atom stereocenters. The second kappa shape index (κ2) is 5.15. The molecule has 1 saturated heterocycles. The van der Waals surface area contributed by atoms with Crippen molar-refractivity contribution in [2.75, 3.05) is 19.8 Å². The van der Waals surface area contributed by atoms with Gasteiger partial charge in [-0.3, -0.25) is 4.79 Å². The minimum atomic E-state index is -1.14. The highest BCUT2D eigenvalue weighted by molar-refractivity contribution is 5.97. The molecule has 0 radical (unpaired) electrons. The van der Waals surface area contributed by atoms with Gasteiger partial charge in [-0.25, -0.2) is 4.79 Å². The van der Waals surface area contributed by atoms with Gasteiger partial charge in [0, 0.05) is 12.1 Å². The fourth-order valence-corrected chi connectivity index (χ4v) is 1.87. The fraction of sp³-hybridized carbons (Fsp3) is 0.333. The van der Waals surface area contributed by atoms with Crippen LogP contribution in [-0.2, 0) is 9.53 Å². The molecule has 2 rings (SSSR count). The zero-order chi connectivity index (χ0) is 14.0. The first-order valence-corrected chi connectivity index (χ1v) is 5.64. The number of carbonyl (C=O) groups is 2. The highest BCUT2D eigenvalue weighted by Gasteiger charge is 2.33. The van der Waals surface area contributed by atoms with Gasteiger partial charge < -0.3 is 25.0 Å². The zero-order valence-corrected chi connectivity index (χ0v) is 9.94. The summed E-state index contributed by atoms with van der Waals surface area (Å²) in [5, 5.41) is 27.6. The monoisotopic (exact) mass is 267 g/mol. The third-order valence-electron chi connectivity index (χ3n) is 2.90. The molecule has 1 fully saturated rings. The Hall–Kier alpha value is -2.28. The van der Waals surface area contributed by atoms with Gasteiger partial charge in [0.2, 0.25) is 0 Å². The minimum absolute atomic E-state index is 0.0643. The second-order valence-electron chi connectivity index (χ2n) is 4.13. The van der Waals surface area contributed by atoms with E-state index in [9.17, 15) is 19.8 Å². The number of phenols is 2. The van der Waals surface area contributed by atoms with Crippen LogP contribution in [-0.4, -0.2) is 57.9 Å². The summed E-state index contributed by atoms with van der Waals surface area (Å²) in [5.41, 5.74) is 0.114. The van der Waals surface area contributed by atoms with E-state index >= 15 is 0 Å². The Morgan fingerprint density at radius 2 is 2.00 bits per heavy atom. The average molecular weight is 267 g/mol. The zero-order valence-electron chi connectivity index (χ0n) is 9.94. The van der Waals surface area contributed by atoms with Crippen LogP contribution >= 0.6 is 0 Å². The van der Waals surface area contributed by atoms with Crippen molar-refractivity contribution >= 4 is 11.9 Å². The van der Waals surface area contributed by atoms with Crippen molar-refractivity contribution in [3.8, 4) is 11.5 Å². The van der Waals surface area contributed by atoms with Crippen LogP contribution in [0.15, 0.2) is 18.2 Å². The van der Waals surface area contributed by atoms with Gasteiger partial charge >= 0.3 is 5.97 Å². The molecule has 1 aromatic rings. The quantitative estimate of drug-likeness (QED) is 0.652. The number of nitrogens with zero attached hydrogens (tertiary/aromatic N) is 1. The first-order chi connectivity index (χ1) is 9.00.